The monoisotopic (exact) mass is 394 g/mol. The number of benzene rings is 2. The number of rotatable bonds is 6. The highest BCUT2D eigenvalue weighted by Gasteiger charge is 2.17. The van der Waals surface area contributed by atoms with Gasteiger partial charge in [0.25, 0.3) is 5.91 Å². The Morgan fingerprint density at radius 2 is 1.86 bits per heavy atom. The van der Waals surface area contributed by atoms with E-state index in [1.54, 1.807) is 24.4 Å². The average molecular weight is 395 g/mol. The smallest absolute Gasteiger partial charge is 0.274 e. The molecule has 0 radical (unpaired) electrons. The Balaban J connectivity index is 1.83. The van der Waals surface area contributed by atoms with Crippen LogP contribution in [0.3, 0.4) is 0 Å². The molecule has 0 fully saturated rings. The van der Waals surface area contributed by atoms with Crippen molar-refractivity contribution in [3.8, 4) is 0 Å². The van der Waals surface area contributed by atoms with Crippen LogP contribution in [-0.4, -0.2) is 21.9 Å². The number of nitrogens with zero attached hydrogens (tertiary/aromatic N) is 3. The first-order valence-electron chi connectivity index (χ1n) is 9.16. The highest BCUT2D eigenvalue weighted by atomic mass is 35.5. The Hall–Kier alpha value is -2.92. The van der Waals surface area contributed by atoms with Crippen LogP contribution in [0.4, 0.5) is 11.6 Å². The van der Waals surface area contributed by atoms with Crippen molar-refractivity contribution in [2.45, 2.75) is 33.4 Å². The highest BCUT2D eigenvalue weighted by molar-refractivity contribution is 6.31. The van der Waals surface area contributed by atoms with Crippen LogP contribution >= 0.6 is 11.6 Å². The minimum Gasteiger partial charge on any atom is -0.334 e. The normalized spacial score (nSPS) is 10.8. The predicted octanol–water partition coefficient (Wildman–Crippen LogP) is 5.11. The largest absolute Gasteiger partial charge is 0.334 e. The summed E-state index contributed by atoms with van der Waals surface area (Å²) in [5.74, 6) is 0.228. The lowest BCUT2D eigenvalue weighted by Crippen LogP contribution is -2.32. The molecule has 0 aliphatic rings. The van der Waals surface area contributed by atoms with Gasteiger partial charge in [-0.1, -0.05) is 48.0 Å². The Morgan fingerprint density at radius 3 is 2.57 bits per heavy atom. The summed E-state index contributed by atoms with van der Waals surface area (Å²) in [7, 11) is 0. The van der Waals surface area contributed by atoms with Crippen molar-refractivity contribution in [1.82, 2.24) is 9.97 Å². The van der Waals surface area contributed by atoms with Crippen LogP contribution in [0.15, 0.2) is 60.8 Å². The van der Waals surface area contributed by atoms with Crippen LogP contribution in [0, 0.1) is 6.92 Å². The third-order valence-electron chi connectivity index (χ3n) is 4.47. The van der Waals surface area contributed by atoms with Gasteiger partial charge in [-0.05, 0) is 50.1 Å². The van der Waals surface area contributed by atoms with Gasteiger partial charge in [-0.2, -0.15) is 0 Å². The van der Waals surface area contributed by atoms with Gasteiger partial charge in [-0.3, -0.25) is 4.79 Å². The molecule has 1 aromatic heterocycles. The number of hydrogen-bond donors (Lipinski definition) is 1. The summed E-state index contributed by atoms with van der Waals surface area (Å²) in [6.07, 6.45) is 1.61. The van der Waals surface area contributed by atoms with Crippen molar-refractivity contribution >= 4 is 29.1 Å². The third kappa shape index (κ3) is 4.67. The highest BCUT2D eigenvalue weighted by Crippen LogP contribution is 2.23. The van der Waals surface area contributed by atoms with Gasteiger partial charge in [-0.25, -0.2) is 9.97 Å². The number of carbonyl (C=O) groups excluding carboxylic acids is 1. The van der Waals surface area contributed by atoms with Gasteiger partial charge in [0.05, 0.1) is 0 Å². The lowest BCUT2D eigenvalue weighted by Gasteiger charge is -2.27. The zero-order chi connectivity index (χ0) is 20.1. The Labute approximate surface area is 170 Å². The average Bonchev–Trinajstić information content (AvgIpc) is 2.70. The molecular formula is C22H23ClN4O. The fourth-order valence-electron chi connectivity index (χ4n) is 2.81. The number of nitrogens with one attached hydrogen (secondary N) is 1. The molecule has 144 valence electrons. The molecule has 0 aliphatic carbocycles. The SMILES string of the molecule is Cc1c(Cl)cccc1NC(=O)c1ccnc(N(Cc2ccccc2)C(C)C)n1. The number of halogens is 1. The van der Waals surface area contributed by atoms with Gasteiger partial charge in [0.2, 0.25) is 5.95 Å². The summed E-state index contributed by atoms with van der Waals surface area (Å²) in [5, 5.41) is 3.49. The van der Waals surface area contributed by atoms with E-state index in [9.17, 15) is 4.79 Å². The summed E-state index contributed by atoms with van der Waals surface area (Å²) < 4.78 is 0. The van der Waals surface area contributed by atoms with E-state index in [2.05, 4.69) is 46.2 Å². The topological polar surface area (TPSA) is 58.1 Å². The number of anilines is 2. The molecule has 0 aliphatic heterocycles. The Kier molecular flexibility index (Phi) is 6.26. The molecule has 1 heterocycles. The lowest BCUT2D eigenvalue weighted by atomic mass is 10.2. The van der Waals surface area contributed by atoms with E-state index in [1.807, 2.05) is 31.2 Å². The first kappa shape index (κ1) is 19.8. The third-order valence-corrected chi connectivity index (χ3v) is 4.88. The van der Waals surface area contributed by atoms with Crippen LogP contribution in [0.5, 0.6) is 0 Å². The van der Waals surface area contributed by atoms with E-state index in [4.69, 9.17) is 11.6 Å². The van der Waals surface area contributed by atoms with Crippen molar-refractivity contribution in [1.29, 1.82) is 0 Å². The maximum Gasteiger partial charge on any atom is 0.274 e. The van der Waals surface area contributed by atoms with Crippen LogP contribution in [0.25, 0.3) is 0 Å². The fourth-order valence-corrected chi connectivity index (χ4v) is 2.98. The molecule has 1 amide bonds. The lowest BCUT2D eigenvalue weighted by molar-refractivity contribution is 0.102. The minimum atomic E-state index is -0.294. The molecular weight excluding hydrogens is 372 g/mol. The molecule has 2 aromatic carbocycles. The van der Waals surface area contributed by atoms with Gasteiger partial charge < -0.3 is 10.2 Å². The van der Waals surface area contributed by atoms with E-state index in [0.29, 0.717) is 28.9 Å². The van der Waals surface area contributed by atoms with E-state index in [-0.39, 0.29) is 11.9 Å². The molecule has 0 atom stereocenters. The van der Waals surface area contributed by atoms with Crippen LogP contribution < -0.4 is 10.2 Å². The van der Waals surface area contributed by atoms with Crippen LogP contribution in [-0.2, 0) is 6.54 Å². The predicted molar refractivity (Wildman–Crippen MR) is 114 cm³/mol. The summed E-state index contributed by atoms with van der Waals surface area (Å²) in [5.41, 5.74) is 2.95. The quantitative estimate of drug-likeness (QED) is 0.631. The maximum atomic E-state index is 12.7. The molecule has 0 saturated carbocycles. The summed E-state index contributed by atoms with van der Waals surface area (Å²) in [6, 6.07) is 17.3. The standard InChI is InChI=1S/C22H23ClN4O/c1-15(2)27(14-17-8-5-4-6-9-17)22-24-13-12-20(26-22)21(28)25-19-11-7-10-18(23)16(19)3/h4-13,15H,14H2,1-3H3,(H,25,28). The van der Waals surface area contributed by atoms with Crippen molar-refractivity contribution < 1.29 is 4.79 Å². The molecule has 6 heteroatoms. The Bertz CT molecular complexity index is 960. The van der Waals surface area contributed by atoms with Crippen molar-refractivity contribution in [2.24, 2.45) is 0 Å². The number of amides is 1. The molecule has 0 unspecified atom stereocenters. The summed E-state index contributed by atoms with van der Waals surface area (Å²) in [6.45, 7) is 6.68. The van der Waals surface area contributed by atoms with Gasteiger partial charge in [0.1, 0.15) is 5.69 Å². The van der Waals surface area contributed by atoms with Crippen molar-refractivity contribution in [2.75, 3.05) is 10.2 Å². The zero-order valence-electron chi connectivity index (χ0n) is 16.2. The first-order valence-corrected chi connectivity index (χ1v) is 9.53. The molecule has 28 heavy (non-hydrogen) atoms. The van der Waals surface area contributed by atoms with Crippen LogP contribution in [0.1, 0.15) is 35.5 Å². The molecule has 0 saturated heterocycles. The number of carbonyl (C=O) groups is 1. The fraction of sp³-hybridized carbons (Fsp3) is 0.227. The molecule has 1 N–H and O–H groups in total. The molecule has 3 aromatic rings. The summed E-state index contributed by atoms with van der Waals surface area (Å²) >= 11 is 6.14. The second kappa shape index (κ2) is 8.85. The Morgan fingerprint density at radius 1 is 1.11 bits per heavy atom. The maximum absolute atomic E-state index is 12.7. The summed E-state index contributed by atoms with van der Waals surface area (Å²) in [4.78, 5) is 23.7. The van der Waals surface area contributed by atoms with E-state index in [0.717, 1.165) is 11.1 Å². The van der Waals surface area contributed by atoms with Gasteiger partial charge in [0.15, 0.2) is 0 Å². The number of aromatic nitrogens is 2. The second-order valence-electron chi connectivity index (χ2n) is 6.82. The molecule has 3 rings (SSSR count). The molecule has 5 nitrogen and oxygen atoms in total. The van der Waals surface area contributed by atoms with Crippen molar-refractivity contribution in [3.63, 3.8) is 0 Å². The molecule has 0 bridgehead atoms. The number of hydrogen-bond acceptors (Lipinski definition) is 4. The zero-order valence-corrected chi connectivity index (χ0v) is 16.9. The van der Waals surface area contributed by atoms with Gasteiger partial charge >= 0.3 is 0 Å². The minimum absolute atomic E-state index is 0.175. The van der Waals surface area contributed by atoms with E-state index >= 15 is 0 Å². The first-order chi connectivity index (χ1) is 13.5. The van der Waals surface area contributed by atoms with Crippen molar-refractivity contribution in [3.05, 3.63) is 82.6 Å². The van der Waals surface area contributed by atoms with E-state index in [1.165, 1.54) is 0 Å². The molecule has 0 spiro atoms. The van der Waals surface area contributed by atoms with Crippen LogP contribution in [0.2, 0.25) is 5.02 Å². The van der Waals surface area contributed by atoms with Gasteiger partial charge in [-0.15, -0.1) is 0 Å². The van der Waals surface area contributed by atoms with E-state index < -0.39 is 0 Å². The second-order valence-corrected chi connectivity index (χ2v) is 7.22. The van der Waals surface area contributed by atoms with Gasteiger partial charge in [0, 0.05) is 29.5 Å².